The van der Waals surface area contributed by atoms with Gasteiger partial charge in [-0.3, -0.25) is 38.5 Å². The molecule has 5 amide bonds. The summed E-state index contributed by atoms with van der Waals surface area (Å²) < 4.78 is 13.3. The molecule has 65 heavy (non-hydrogen) atoms. The Morgan fingerprint density at radius 1 is 0.938 bits per heavy atom. The zero-order valence-corrected chi connectivity index (χ0v) is 37.0. The first-order valence-corrected chi connectivity index (χ1v) is 22.2. The van der Waals surface area contributed by atoms with E-state index in [0.29, 0.717) is 23.5 Å². The second-order valence-electron chi connectivity index (χ2n) is 18.7. The number of carbonyl (C=O) groups is 7. The van der Waals surface area contributed by atoms with E-state index in [-0.39, 0.29) is 49.0 Å². The molecule has 0 bridgehead atoms. The van der Waals surface area contributed by atoms with Gasteiger partial charge in [-0.05, 0) is 100 Å². The van der Waals surface area contributed by atoms with Gasteiger partial charge in [0.15, 0.2) is 23.5 Å². The lowest BCUT2D eigenvalue weighted by Crippen LogP contribution is -2.63. The molecule has 1 unspecified atom stereocenters. The van der Waals surface area contributed by atoms with Gasteiger partial charge < -0.3 is 41.0 Å². The number of nitrogens with one attached hydrogen (secondary N) is 4. The lowest BCUT2D eigenvalue weighted by atomic mass is 9.46. The number of Topliss-reactive ketones (excluding diaryl/α,β-unsaturated/α-hetero) is 1. The average Bonchev–Trinajstić information content (AvgIpc) is 3.90. The van der Waals surface area contributed by atoms with Crippen molar-refractivity contribution in [2.45, 2.75) is 109 Å². The van der Waals surface area contributed by atoms with Crippen LogP contribution in [-0.2, 0) is 43.0 Å². The molecule has 6 N–H and O–H groups in total. The van der Waals surface area contributed by atoms with Crippen molar-refractivity contribution in [1.82, 2.24) is 20.5 Å². The van der Waals surface area contributed by atoms with Crippen LogP contribution in [0.25, 0.3) is 0 Å². The van der Waals surface area contributed by atoms with Crippen molar-refractivity contribution in [2.24, 2.45) is 28.6 Å². The first-order valence-electron chi connectivity index (χ1n) is 22.2. The summed E-state index contributed by atoms with van der Waals surface area (Å²) in [6.07, 6.45) is 8.93. The van der Waals surface area contributed by atoms with Crippen molar-refractivity contribution < 1.29 is 53.2 Å². The quantitative estimate of drug-likeness (QED) is 0.150. The Kier molecular flexibility index (Phi) is 12.3. The van der Waals surface area contributed by atoms with E-state index < -0.39 is 88.9 Å². The summed E-state index contributed by atoms with van der Waals surface area (Å²) in [5.41, 5.74) is 0.264. The topological polar surface area (TPSA) is 243 Å². The number of benzene rings is 1. The third-order valence-electron chi connectivity index (χ3n) is 14.9. The molecule has 2 aliphatic heterocycles. The molecule has 344 valence electrons. The van der Waals surface area contributed by atoms with E-state index in [1.165, 1.54) is 13.8 Å². The minimum atomic E-state index is -1.47. The second-order valence-corrected chi connectivity index (χ2v) is 18.7. The third kappa shape index (κ3) is 8.12. The van der Waals surface area contributed by atoms with E-state index in [0.717, 1.165) is 41.0 Å². The fraction of sp³-hybridized carbons (Fsp3) is 0.500. The fourth-order valence-corrected chi connectivity index (χ4v) is 11.5. The summed E-state index contributed by atoms with van der Waals surface area (Å²) >= 11 is 0. The minimum absolute atomic E-state index is 0.0216. The van der Waals surface area contributed by atoms with E-state index >= 15 is 0 Å². The number of hydrogen-bond donors (Lipinski definition) is 6. The van der Waals surface area contributed by atoms with E-state index in [9.17, 15) is 43.8 Å². The monoisotopic (exact) mass is 892 g/mol. The number of nitrogens with zero attached hydrogens (tertiary/aromatic N) is 2. The average molecular weight is 893 g/mol. The molecule has 1 saturated heterocycles. The van der Waals surface area contributed by atoms with Crippen LogP contribution in [0.1, 0.15) is 90.2 Å². The summed E-state index contributed by atoms with van der Waals surface area (Å²) in [6.45, 7) is 8.18. The predicted molar refractivity (Wildman–Crippen MR) is 234 cm³/mol. The lowest BCUT2D eigenvalue weighted by Gasteiger charge is -2.59. The number of aliphatic hydroxyl groups is 2. The number of ketones is 2. The van der Waals surface area contributed by atoms with Crippen LogP contribution in [0.2, 0.25) is 0 Å². The highest BCUT2D eigenvalue weighted by molar-refractivity contribution is 6.13. The molecule has 17 nitrogen and oxygen atoms in total. The van der Waals surface area contributed by atoms with Gasteiger partial charge >= 0.3 is 0 Å². The molecule has 4 aliphatic carbocycles. The van der Waals surface area contributed by atoms with Crippen molar-refractivity contribution >= 4 is 52.6 Å². The highest BCUT2D eigenvalue weighted by Gasteiger charge is 2.76. The van der Waals surface area contributed by atoms with Gasteiger partial charge in [-0.15, -0.1) is 0 Å². The molecule has 0 radical (unpaired) electrons. The number of hydrogen-bond acceptors (Lipinski definition) is 13. The van der Waals surface area contributed by atoms with Crippen LogP contribution < -0.4 is 21.3 Å². The first kappa shape index (κ1) is 45.7. The SMILES string of the molecule is C[C@H](NC(=O)CCN1C(=O)C=CC1=O)C(=O)N[C@@H](C)C(=O)Nc1ccc([C@@H](C)Nc2ccc([C@@H]3O[C@@H]4C[C@H]5[C@@H]6CCC7=CC(=O)C=C[C@]7(C)C6[C@@H](O)C[C@]5(C)[C@]4(C(=O)CO)O3)cn2)cc1. The van der Waals surface area contributed by atoms with Crippen molar-refractivity contribution in [3.63, 3.8) is 0 Å². The predicted octanol–water partition coefficient (Wildman–Crippen LogP) is 3.12. The molecule has 1 aromatic carbocycles. The Morgan fingerprint density at radius 2 is 1.65 bits per heavy atom. The number of imide groups is 1. The number of aromatic nitrogens is 1. The Labute approximate surface area is 376 Å². The molecule has 6 aliphatic rings. The van der Waals surface area contributed by atoms with Gasteiger partial charge in [0, 0.05) is 65.4 Å². The molecule has 4 fully saturated rings. The number of allylic oxidation sites excluding steroid dienone is 4. The van der Waals surface area contributed by atoms with Gasteiger partial charge in [0.2, 0.25) is 17.7 Å². The summed E-state index contributed by atoms with van der Waals surface area (Å²) in [7, 11) is 0. The number of aliphatic hydroxyl groups excluding tert-OH is 2. The summed E-state index contributed by atoms with van der Waals surface area (Å²) in [4.78, 5) is 93.1. The van der Waals surface area contributed by atoms with E-state index in [1.807, 2.05) is 38.1 Å². The smallest absolute Gasteiger partial charge is 0.253 e. The summed E-state index contributed by atoms with van der Waals surface area (Å²) in [5, 5.41) is 33.5. The zero-order chi connectivity index (χ0) is 46.6. The normalized spacial score (nSPS) is 32.3. The first-order chi connectivity index (χ1) is 30.9. The molecular formula is C48H56N6O11. The second kappa shape index (κ2) is 17.5. The van der Waals surface area contributed by atoms with Crippen LogP contribution in [0.4, 0.5) is 11.5 Å². The molecule has 8 rings (SSSR count). The fourth-order valence-electron chi connectivity index (χ4n) is 11.5. The molecule has 3 heterocycles. The number of ether oxygens (including phenoxy) is 2. The van der Waals surface area contributed by atoms with Crippen LogP contribution >= 0.6 is 0 Å². The number of anilines is 2. The Hall–Kier alpha value is -5.88. The van der Waals surface area contributed by atoms with Gasteiger partial charge in [-0.25, -0.2) is 4.98 Å². The van der Waals surface area contributed by atoms with Crippen molar-refractivity contribution in [2.75, 3.05) is 23.8 Å². The number of rotatable bonds is 14. The Balaban J connectivity index is 0.841. The van der Waals surface area contributed by atoms with Crippen molar-refractivity contribution in [3.05, 3.63) is 89.7 Å². The number of carbonyl (C=O) groups excluding carboxylic acids is 7. The van der Waals surface area contributed by atoms with Gasteiger partial charge in [-0.1, -0.05) is 37.6 Å². The molecule has 2 aromatic rings. The van der Waals surface area contributed by atoms with Crippen molar-refractivity contribution in [3.8, 4) is 0 Å². The molecule has 17 heteroatoms. The van der Waals surface area contributed by atoms with Crippen LogP contribution in [-0.4, -0.2) is 104 Å². The van der Waals surface area contributed by atoms with E-state index in [2.05, 4.69) is 33.2 Å². The molecule has 0 spiro atoms. The van der Waals surface area contributed by atoms with Crippen LogP contribution in [0.5, 0.6) is 0 Å². The third-order valence-corrected chi connectivity index (χ3v) is 14.9. The maximum atomic E-state index is 13.9. The van der Waals surface area contributed by atoms with Gasteiger partial charge in [0.05, 0.1) is 12.2 Å². The van der Waals surface area contributed by atoms with Crippen LogP contribution in [0.15, 0.2) is 78.5 Å². The van der Waals surface area contributed by atoms with E-state index in [4.69, 9.17) is 9.47 Å². The highest BCUT2D eigenvalue weighted by Crippen LogP contribution is 2.70. The maximum Gasteiger partial charge on any atom is 0.253 e. The standard InChI is InChI=1S/C48H56N6O11/c1-25(28-6-10-31(11-7-28)53-44(63)27(3)52-43(62)26(2)51-39(59)17-19-54-40(60)14-15-41(54)61)50-38-13-8-29(23-49-38)45-64-37-21-34-33-12-9-30-20-32(56)16-18-46(30,4)42(33)35(57)22-47(34,5)48(37,65-45)36(58)24-55/h6-8,10-11,13-16,18,20,23,25-27,33-35,37,42,45,55,57H,9,12,17,19,21-22,24H2,1-5H3,(H,49,50)(H,51,59)(H,52,62)(H,53,63)/t25-,26+,27+,33+,34+,35+,37-,42?,45-,46+,47+,48-/m1/s1. The van der Waals surface area contributed by atoms with Gasteiger partial charge in [0.25, 0.3) is 11.8 Å². The van der Waals surface area contributed by atoms with Crippen molar-refractivity contribution in [1.29, 1.82) is 0 Å². The zero-order valence-electron chi connectivity index (χ0n) is 37.0. The Bertz CT molecular complexity index is 2370. The molecule has 3 saturated carbocycles. The maximum absolute atomic E-state index is 13.9. The number of pyridine rings is 1. The lowest BCUT2D eigenvalue weighted by molar-refractivity contribution is -0.201. The van der Waals surface area contributed by atoms with Gasteiger partial charge in [0.1, 0.15) is 24.5 Å². The summed E-state index contributed by atoms with van der Waals surface area (Å²) in [5.74, 6) is -2.65. The minimum Gasteiger partial charge on any atom is -0.393 e. The van der Waals surface area contributed by atoms with Crippen LogP contribution in [0.3, 0.4) is 0 Å². The van der Waals surface area contributed by atoms with Crippen LogP contribution in [0, 0.1) is 28.6 Å². The summed E-state index contributed by atoms with van der Waals surface area (Å²) in [6, 6.07) is 8.62. The molecular weight excluding hydrogens is 837 g/mol. The highest BCUT2D eigenvalue weighted by atomic mass is 16.7. The number of fused-ring (bicyclic) bond motifs is 7. The number of amides is 5. The Morgan fingerprint density at radius 3 is 2.32 bits per heavy atom. The molecule has 12 atom stereocenters. The molecule has 1 aromatic heterocycles. The van der Waals surface area contributed by atoms with E-state index in [1.54, 1.807) is 36.5 Å². The van der Waals surface area contributed by atoms with Gasteiger partial charge in [-0.2, -0.15) is 0 Å². The largest absolute Gasteiger partial charge is 0.393 e.